The number of rotatable bonds is 10. The van der Waals surface area contributed by atoms with E-state index in [0.717, 1.165) is 5.56 Å². The van der Waals surface area contributed by atoms with E-state index in [4.69, 9.17) is 9.47 Å². The van der Waals surface area contributed by atoms with Crippen molar-refractivity contribution in [1.82, 2.24) is 19.7 Å². The molecule has 0 fully saturated rings. The van der Waals surface area contributed by atoms with Crippen molar-refractivity contribution in [3.05, 3.63) is 99.9 Å². The number of aromatic nitrogens is 3. The molecule has 12 heteroatoms. The van der Waals surface area contributed by atoms with Crippen LogP contribution in [-0.2, 0) is 23.2 Å². The van der Waals surface area contributed by atoms with Crippen molar-refractivity contribution in [2.75, 3.05) is 7.11 Å². The minimum Gasteiger partial charge on any atom is -0.493 e. The van der Waals surface area contributed by atoms with Crippen molar-refractivity contribution in [3.8, 4) is 17.2 Å². The van der Waals surface area contributed by atoms with Gasteiger partial charge in [0.05, 0.1) is 28.8 Å². The molecule has 1 aromatic heterocycles. The van der Waals surface area contributed by atoms with Crippen molar-refractivity contribution in [3.63, 3.8) is 0 Å². The smallest absolute Gasteiger partial charge is 0.269 e. The lowest BCUT2D eigenvalue weighted by atomic mass is 10.2. The van der Waals surface area contributed by atoms with Crippen LogP contribution in [0.3, 0.4) is 0 Å². The maximum absolute atomic E-state index is 12.5. The number of nitro benzene ring substituents is 1. The van der Waals surface area contributed by atoms with Crippen molar-refractivity contribution in [2.24, 2.45) is 0 Å². The van der Waals surface area contributed by atoms with Gasteiger partial charge in [0.1, 0.15) is 12.3 Å². The first-order chi connectivity index (χ1) is 17.2. The summed E-state index contributed by atoms with van der Waals surface area (Å²) in [5, 5.41) is 18.9. The second-order valence-corrected chi connectivity index (χ2v) is 9.61. The molecular weight excluding hydrogens is 486 g/mol. The van der Waals surface area contributed by atoms with Crippen LogP contribution in [-0.4, -0.2) is 35.4 Å². The predicted octanol–water partition coefficient (Wildman–Crippen LogP) is 3.55. The molecule has 186 valence electrons. The lowest BCUT2D eigenvalue weighted by molar-refractivity contribution is -0.384. The van der Waals surface area contributed by atoms with Crippen LogP contribution in [0.25, 0.3) is 5.69 Å². The number of nitrogens with one attached hydrogen (secondary N) is 1. The number of hydrogen-bond acceptors (Lipinski definition) is 8. The van der Waals surface area contributed by atoms with Crippen LogP contribution in [0.5, 0.6) is 11.5 Å². The Morgan fingerprint density at radius 1 is 1.03 bits per heavy atom. The summed E-state index contributed by atoms with van der Waals surface area (Å²) in [7, 11) is -2.16. The highest BCUT2D eigenvalue weighted by Crippen LogP contribution is 2.29. The van der Waals surface area contributed by atoms with E-state index in [9.17, 15) is 18.5 Å². The lowest BCUT2D eigenvalue weighted by Gasteiger charge is -2.12. The molecule has 0 amide bonds. The largest absolute Gasteiger partial charge is 0.493 e. The van der Waals surface area contributed by atoms with E-state index in [1.54, 1.807) is 60.8 Å². The van der Waals surface area contributed by atoms with E-state index >= 15 is 0 Å². The number of aryl methyl sites for hydroxylation is 1. The van der Waals surface area contributed by atoms with Crippen LogP contribution in [0.15, 0.2) is 77.8 Å². The molecule has 0 spiro atoms. The molecule has 0 atom stereocenters. The van der Waals surface area contributed by atoms with Crippen molar-refractivity contribution >= 4 is 15.7 Å². The van der Waals surface area contributed by atoms with Crippen LogP contribution in [0, 0.1) is 17.0 Å². The van der Waals surface area contributed by atoms with Gasteiger partial charge in [-0.25, -0.2) is 17.8 Å². The van der Waals surface area contributed by atoms with Gasteiger partial charge in [-0.3, -0.25) is 10.1 Å². The minimum atomic E-state index is -3.65. The Balaban J connectivity index is 1.39. The van der Waals surface area contributed by atoms with E-state index in [0.29, 0.717) is 28.4 Å². The Morgan fingerprint density at radius 3 is 2.42 bits per heavy atom. The molecule has 0 saturated heterocycles. The molecule has 0 unspecified atom stereocenters. The van der Waals surface area contributed by atoms with E-state index in [1.165, 1.54) is 23.9 Å². The topological polar surface area (TPSA) is 138 Å². The Morgan fingerprint density at radius 2 is 1.75 bits per heavy atom. The number of nitro groups is 1. The third-order valence-electron chi connectivity index (χ3n) is 5.27. The van der Waals surface area contributed by atoms with E-state index < -0.39 is 14.9 Å². The fraction of sp³-hybridized carbons (Fsp3) is 0.167. The molecule has 0 aliphatic rings. The summed E-state index contributed by atoms with van der Waals surface area (Å²) in [5.41, 5.74) is 2.81. The molecule has 1 N–H and O–H groups in total. The monoisotopic (exact) mass is 509 g/mol. The van der Waals surface area contributed by atoms with Crippen LogP contribution >= 0.6 is 0 Å². The van der Waals surface area contributed by atoms with Crippen LogP contribution in [0.1, 0.15) is 16.8 Å². The molecule has 0 aliphatic heterocycles. The van der Waals surface area contributed by atoms with Crippen molar-refractivity contribution in [1.29, 1.82) is 0 Å². The summed E-state index contributed by atoms with van der Waals surface area (Å²) in [5.74, 6) is 0.886. The SMILES string of the molecule is COc1cc(CNS(=O)(=O)c2ccc(C)cc2)ccc1OCc1cn(-c2ccc([N+](=O)[O-])cc2)nn1. The second-order valence-electron chi connectivity index (χ2n) is 7.84. The summed E-state index contributed by atoms with van der Waals surface area (Å²) in [6.45, 7) is 2.07. The number of benzene rings is 3. The summed E-state index contributed by atoms with van der Waals surface area (Å²) in [4.78, 5) is 10.5. The van der Waals surface area contributed by atoms with Crippen LogP contribution in [0.2, 0.25) is 0 Å². The zero-order valence-electron chi connectivity index (χ0n) is 19.5. The van der Waals surface area contributed by atoms with Gasteiger partial charge in [-0.2, -0.15) is 0 Å². The van der Waals surface area contributed by atoms with Gasteiger partial charge >= 0.3 is 0 Å². The number of ether oxygens (including phenoxy) is 2. The average molecular weight is 510 g/mol. The highest BCUT2D eigenvalue weighted by Gasteiger charge is 2.15. The predicted molar refractivity (Wildman–Crippen MR) is 131 cm³/mol. The molecule has 4 aromatic rings. The van der Waals surface area contributed by atoms with E-state index in [-0.39, 0.29) is 23.7 Å². The Kier molecular flexibility index (Phi) is 7.27. The van der Waals surface area contributed by atoms with Crippen LogP contribution in [0.4, 0.5) is 5.69 Å². The highest BCUT2D eigenvalue weighted by atomic mass is 32.2. The van der Waals surface area contributed by atoms with Gasteiger partial charge in [0, 0.05) is 18.7 Å². The molecule has 0 bridgehead atoms. The molecule has 0 saturated carbocycles. The molecule has 36 heavy (non-hydrogen) atoms. The number of sulfonamides is 1. The third kappa shape index (κ3) is 5.85. The average Bonchev–Trinajstić information content (AvgIpc) is 3.36. The summed E-state index contributed by atoms with van der Waals surface area (Å²) in [6, 6.07) is 17.7. The number of hydrogen-bond donors (Lipinski definition) is 1. The zero-order valence-corrected chi connectivity index (χ0v) is 20.3. The minimum absolute atomic E-state index is 0.0130. The maximum atomic E-state index is 12.5. The van der Waals surface area contributed by atoms with Crippen molar-refractivity contribution in [2.45, 2.75) is 25.0 Å². The molecular formula is C24H23N5O6S. The highest BCUT2D eigenvalue weighted by molar-refractivity contribution is 7.89. The Hall–Kier alpha value is -4.29. The lowest BCUT2D eigenvalue weighted by Crippen LogP contribution is -2.23. The second kappa shape index (κ2) is 10.5. The number of nitrogens with zero attached hydrogens (tertiary/aromatic N) is 4. The normalized spacial score (nSPS) is 11.3. The molecule has 0 radical (unpaired) electrons. The van der Waals surface area contributed by atoms with Gasteiger partial charge in [0.2, 0.25) is 10.0 Å². The first kappa shape index (κ1) is 24.8. The standard InChI is InChI=1S/C24H23N5O6S/c1-17-3-10-22(11-4-17)36(32,33)25-14-18-5-12-23(24(13-18)34-2)35-16-19-15-28(27-26-19)20-6-8-21(9-7-20)29(30)31/h3-13,15,25H,14,16H2,1-2H3. The third-order valence-corrected chi connectivity index (χ3v) is 6.68. The summed E-state index contributed by atoms with van der Waals surface area (Å²) < 4.78 is 40.4. The summed E-state index contributed by atoms with van der Waals surface area (Å²) in [6.07, 6.45) is 1.65. The van der Waals surface area contributed by atoms with Gasteiger partial charge in [-0.15, -0.1) is 5.10 Å². The van der Waals surface area contributed by atoms with Gasteiger partial charge in [0.25, 0.3) is 5.69 Å². The zero-order chi connectivity index (χ0) is 25.7. The van der Waals surface area contributed by atoms with Gasteiger partial charge < -0.3 is 9.47 Å². The maximum Gasteiger partial charge on any atom is 0.269 e. The molecule has 3 aromatic carbocycles. The van der Waals surface area contributed by atoms with E-state index in [2.05, 4.69) is 15.0 Å². The fourth-order valence-corrected chi connectivity index (χ4v) is 4.31. The number of methoxy groups -OCH3 is 1. The van der Waals surface area contributed by atoms with Gasteiger partial charge in [-0.05, 0) is 48.9 Å². The van der Waals surface area contributed by atoms with Gasteiger partial charge in [-0.1, -0.05) is 29.0 Å². The number of non-ortho nitro benzene ring substituents is 1. The van der Waals surface area contributed by atoms with Crippen molar-refractivity contribution < 1.29 is 22.8 Å². The Labute approximate surface area is 207 Å². The first-order valence-corrected chi connectivity index (χ1v) is 12.3. The fourth-order valence-electron chi connectivity index (χ4n) is 3.29. The molecule has 0 aliphatic carbocycles. The first-order valence-electron chi connectivity index (χ1n) is 10.8. The Bertz CT molecular complexity index is 1470. The van der Waals surface area contributed by atoms with Gasteiger partial charge in [0.15, 0.2) is 11.5 Å². The molecule has 1 heterocycles. The molecule has 4 rings (SSSR count). The molecule has 11 nitrogen and oxygen atoms in total. The van der Waals surface area contributed by atoms with Crippen LogP contribution < -0.4 is 14.2 Å². The van der Waals surface area contributed by atoms with E-state index in [1.807, 2.05) is 6.92 Å². The quantitative estimate of drug-likeness (QED) is 0.253. The summed E-state index contributed by atoms with van der Waals surface area (Å²) >= 11 is 0.